The van der Waals surface area contributed by atoms with Gasteiger partial charge in [-0.3, -0.25) is 4.79 Å². The number of H-pyrrole nitrogens is 1. The van der Waals surface area contributed by atoms with E-state index in [-0.39, 0.29) is 6.20 Å². The number of aromatic nitrogens is 1. The van der Waals surface area contributed by atoms with Gasteiger partial charge in [0, 0.05) is 6.20 Å². The van der Waals surface area contributed by atoms with Crippen molar-refractivity contribution in [2.24, 2.45) is 0 Å². The molecular weight excluding hydrogens is 289 g/mol. The van der Waals surface area contributed by atoms with E-state index in [2.05, 4.69) is 15.9 Å². The molecule has 0 fully saturated rings. The molecule has 1 aromatic rings. The van der Waals surface area contributed by atoms with Crippen molar-refractivity contribution in [3.63, 3.8) is 0 Å². The Bertz CT molecular complexity index is 424. The number of aromatic amines is 1. The molecule has 0 saturated heterocycles. The van der Waals surface area contributed by atoms with Crippen molar-refractivity contribution in [3.8, 4) is 0 Å². The van der Waals surface area contributed by atoms with Crippen molar-refractivity contribution in [1.82, 2.24) is 4.98 Å². The van der Waals surface area contributed by atoms with Crippen molar-refractivity contribution in [3.05, 3.63) is 32.2 Å². The molecule has 0 unspecified atom stereocenters. The molecule has 1 aromatic heterocycles. The molecule has 0 aliphatic heterocycles. The average molecular weight is 292 g/mol. The Hall–Kier alpha value is -0.920. The van der Waals surface area contributed by atoms with Crippen LogP contribution in [0, 0.1) is 0 Å². The fourth-order valence-corrected chi connectivity index (χ4v) is 1.47. The Labute approximate surface area is 88.2 Å². The van der Waals surface area contributed by atoms with Gasteiger partial charge in [0.15, 0.2) is 0 Å². The SMILES string of the molecule is O=c1[nH]cc(C(F)(F)F)c(C(F)F)c1Br. The molecule has 0 aliphatic carbocycles. The van der Waals surface area contributed by atoms with E-state index in [0.717, 1.165) is 0 Å². The summed E-state index contributed by atoms with van der Waals surface area (Å²) in [6.07, 6.45) is -8.08. The fourth-order valence-electron chi connectivity index (χ4n) is 0.967. The first-order valence-corrected chi connectivity index (χ1v) is 4.31. The van der Waals surface area contributed by atoms with Gasteiger partial charge in [0.05, 0.1) is 15.6 Å². The summed E-state index contributed by atoms with van der Waals surface area (Å²) in [5.74, 6) is 0. The van der Waals surface area contributed by atoms with Crippen molar-refractivity contribution in [2.75, 3.05) is 0 Å². The fraction of sp³-hybridized carbons (Fsp3) is 0.286. The van der Waals surface area contributed by atoms with E-state index in [0.29, 0.717) is 0 Å². The molecule has 0 atom stereocenters. The van der Waals surface area contributed by atoms with Crippen LogP contribution in [-0.4, -0.2) is 4.98 Å². The standard InChI is InChI=1S/C7H3BrF5NO/c8-4-3(5(9)10)2(7(11,12)13)1-14-6(4)15/h1,5H,(H,14,15). The number of rotatable bonds is 1. The van der Waals surface area contributed by atoms with Gasteiger partial charge in [-0.15, -0.1) is 0 Å². The zero-order valence-electron chi connectivity index (χ0n) is 6.83. The molecule has 0 radical (unpaired) electrons. The number of alkyl halides is 5. The molecule has 2 nitrogen and oxygen atoms in total. The highest BCUT2D eigenvalue weighted by molar-refractivity contribution is 9.10. The number of nitrogens with one attached hydrogen (secondary N) is 1. The van der Waals surface area contributed by atoms with Crippen molar-refractivity contribution < 1.29 is 22.0 Å². The molecule has 84 valence electrons. The summed E-state index contributed by atoms with van der Waals surface area (Å²) in [4.78, 5) is 12.5. The van der Waals surface area contributed by atoms with Gasteiger partial charge in [-0.25, -0.2) is 8.78 Å². The Balaban J connectivity index is 3.55. The zero-order valence-corrected chi connectivity index (χ0v) is 8.42. The highest BCUT2D eigenvalue weighted by atomic mass is 79.9. The number of hydrogen-bond acceptors (Lipinski definition) is 1. The maximum atomic E-state index is 12.3. The van der Waals surface area contributed by atoms with Crippen LogP contribution in [0.4, 0.5) is 22.0 Å². The molecule has 1 rings (SSSR count). The summed E-state index contributed by atoms with van der Waals surface area (Å²) < 4.78 is 60.6. The molecule has 0 saturated carbocycles. The molecule has 0 aliphatic rings. The van der Waals surface area contributed by atoms with E-state index >= 15 is 0 Å². The number of pyridine rings is 1. The maximum absolute atomic E-state index is 12.3. The lowest BCUT2D eigenvalue weighted by molar-refractivity contribution is -0.139. The minimum absolute atomic E-state index is 0.231. The first-order valence-electron chi connectivity index (χ1n) is 3.51. The van der Waals surface area contributed by atoms with Crippen LogP contribution in [0.5, 0.6) is 0 Å². The van der Waals surface area contributed by atoms with E-state index in [4.69, 9.17) is 0 Å². The Morgan fingerprint density at radius 2 is 1.87 bits per heavy atom. The summed E-state index contributed by atoms with van der Waals surface area (Å²) in [7, 11) is 0. The lowest BCUT2D eigenvalue weighted by Gasteiger charge is -2.12. The second kappa shape index (κ2) is 3.92. The van der Waals surface area contributed by atoms with E-state index in [9.17, 15) is 26.7 Å². The van der Waals surface area contributed by atoms with Gasteiger partial charge in [-0.2, -0.15) is 13.2 Å². The zero-order chi connectivity index (χ0) is 11.8. The minimum Gasteiger partial charge on any atom is -0.328 e. The lowest BCUT2D eigenvalue weighted by atomic mass is 10.1. The quantitative estimate of drug-likeness (QED) is 0.793. The average Bonchev–Trinajstić information content (AvgIpc) is 2.06. The first kappa shape index (κ1) is 12.2. The third-order valence-electron chi connectivity index (χ3n) is 1.60. The highest BCUT2D eigenvalue weighted by Crippen LogP contribution is 2.37. The van der Waals surface area contributed by atoms with Crippen molar-refractivity contribution in [1.29, 1.82) is 0 Å². The minimum atomic E-state index is -4.93. The predicted molar refractivity (Wildman–Crippen MR) is 44.7 cm³/mol. The molecule has 0 aromatic carbocycles. The topological polar surface area (TPSA) is 32.9 Å². The summed E-state index contributed by atoms with van der Waals surface area (Å²) in [5.41, 5.74) is -3.92. The van der Waals surface area contributed by atoms with Gasteiger partial charge in [0.25, 0.3) is 12.0 Å². The molecule has 0 amide bonds. The van der Waals surface area contributed by atoms with E-state index in [1.165, 1.54) is 0 Å². The molecule has 1 heterocycles. The Morgan fingerprint density at radius 3 is 2.27 bits per heavy atom. The van der Waals surface area contributed by atoms with E-state index in [1.807, 2.05) is 0 Å². The molecule has 0 spiro atoms. The molecule has 15 heavy (non-hydrogen) atoms. The normalized spacial score (nSPS) is 12.2. The molecule has 0 bridgehead atoms. The molecule has 8 heteroatoms. The van der Waals surface area contributed by atoms with E-state index in [1.54, 1.807) is 4.98 Å². The largest absolute Gasteiger partial charge is 0.418 e. The van der Waals surface area contributed by atoms with Gasteiger partial charge in [0.2, 0.25) is 0 Å². The maximum Gasteiger partial charge on any atom is 0.418 e. The number of hydrogen-bond donors (Lipinski definition) is 1. The molecule has 1 N–H and O–H groups in total. The third kappa shape index (κ3) is 2.36. The third-order valence-corrected chi connectivity index (χ3v) is 2.38. The van der Waals surface area contributed by atoms with Crippen molar-refractivity contribution >= 4 is 15.9 Å². The van der Waals surface area contributed by atoms with Crippen LogP contribution in [0.1, 0.15) is 17.6 Å². The smallest absolute Gasteiger partial charge is 0.328 e. The van der Waals surface area contributed by atoms with Gasteiger partial charge in [0.1, 0.15) is 0 Å². The van der Waals surface area contributed by atoms with Crippen molar-refractivity contribution in [2.45, 2.75) is 12.6 Å². The molecular formula is C7H3BrF5NO. The summed E-state index contributed by atoms with van der Waals surface area (Å²) >= 11 is 2.40. The predicted octanol–water partition coefficient (Wildman–Crippen LogP) is 3.09. The van der Waals surface area contributed by atoms with Crippen LogP contribution >= 0.6 is 15.9 Å². The van der Waals surface area contributed by atoms with E-state index < -0.39 is 33.8 Å². The van der Waals surface area contributed by atoms with Crippen LogP contribution < -0.4 is 5.56 Å². The summed E-state index contributed by atoms with van der Waals surface area (Å²) in [6.45, 7) is 0. The monoisotopic (exact) mass is 291 g/mol. The Kier molecular flexibility index (Phi) is 3.17. The van der Waals surface area contributed by atoms with Gasteiger partial charge in [-0.1, -0.05) is 0 Å². The van der Waals surface area contributed by atoms with Crippen LogP contribution in [0.25, 0.3) is 0 Å². The summed E-state index contributed by atoms with van der Waals surface area (Å²) in [6, 6.07) is 0. The first-order chi connectivity index (χ1) is 6.75. The van der Waals surface area contributed by atoms with Crippen LogP contribution in [0.15, 0.2) is 15.5 Å². The van der Waals surface area contributed by atoms with Gasteiger partial charge in [-0.05, 0) is 15.9 Å². The van der Waals surface area contributed by atoms with Crippen LogP contribution in [-0.2, 0) is 6.18 Å². The van der Waals surface area contributed by atoms with Gasteiger partial charge < -0.3 is 4.98 Å². The lowest BCUT2D eigenvalue weighted by Crippen LogP contribution is -2.17. The second-order valence-corrected chi connectivity index (χ2v) is 3.35. The number of halogens is 6. The van der Waals surface area contributed by atoms with Crippen LogP contribution in [0.2, 0.25) is 0 Å². The Morgan fingerprint density at radius 1 is 1.33 bits per heavy atom. The summed E-state index contributed by atoms with van der Waals surface area (Å²) in [5, 5.41) is 0. The van der Waals surface area contributed by atoms with Gasteiger partial charge >= 0.3 is 6.18 Å². The second-order valence-electron chi connectivity index (χ2n) is 2.56. The highest BCUT2D eigenvalue weighted by Gasteiger charge is 2.37. The van der Waals surface area contributed by atoms with Crippen LogP contribution in [0.3, 0.4) is 0 Å².